The summed E-state index contributed by atoms with van der Waals surface area (Å²) in [6, 6.07) is 3.89. The number of hydrogen-bond donors (Lipinski definition) is 0. The Bertz CT molecular complexity index is 447. The molecule has 0 aliphatic heterocycles. The Kier molecular flexibility index (Phi) is 5.43. The van der Waals surface area contributed by atoms with E-state index >= 15 is 0 Å². The number of ether oxygens (including phenoxy) is 2. The molecule has 0 atom stereocenters. The summed E-state index contributed by atoms with van der Waals surface area (Å²) in [5.74, 6) is 1.66. The first-order valence-corrected chi connectivity index (χ1v) is 5.97. The molecule has 98 valence electrons. The van der Waals surface area contributed by atoms with Gasteiger partial charge in [-0.05, 0) is 43.5 Å². The molecule has 0 N–H and O–H groups in total. The van der Waals surface area contributed by atoms with E-state index in [-0.39, 0.29) is 5.78 Å². The lowest BCUT2D eigenvalue weighted by atomic mass is 10.1. The van der Waals surface area contributed by atoms with Crippen LogP contribution in [0.4, 0.5) is 0 Å². The summed E-state index contributed by atoms with van der Waals surface area (Å²) >= 11 is 0. The van der Waals surface area contributed by atoms with Gasteiger partial charge in [-0.1, -0.05) is 12.2 Å². The third-order valence-electron chi connectivity index (χ3n) is 2.73. The van der Waals surface area contributed by atoms with E-state index in [0.29, 0.717) is 12.2 Å². The molecule has 1 aromatic rings. The van der Waals surface area contributed by atoms with Crippen molar-refractivity contribution < 1.29 is 14.3 Å². The molecule has 0 fully saturated rings. The van der Waals surface area contributed by atoms with Crippen LogP contribution in [0.1, 0.15) is 30.9 Å². The van der Waals surface area contributed by atoms with Gasteiger partial charge in [-0.2, -0.15) is 0 Å². The van der Waals surface area contributed by atoms with Crippen LogP contribution < -0.4 is 9.47 Å². The minimum atomic E-state index is 0.212. The highest BCUT2D eigenvalue weighted by Crippen LogP contribution is 2.30. The van der Waals surface area contributed by atoms with E-state index in [1.807, 2.05) is 31.2 Å². The zero-order chi connectivity index (χ0) is 13.5. The predicted octanol–water partition coefficient (Wildman–Crippen LogP) is 3.39. The fraction of sp³-hybridized carbons (Fsp3) is 0.400. The summed E-state index contributed by atoms with van der Waals surface area (Å²) < 4.78 is 10.5. The van der Waals surface area contributed by atoms with Crippen LogP contribution in [0.2, 0.25) is 0 Å². The molecule has 0 aromatic heterocycles. The maximum absolute atomic E-state index is 10.8. The topological polar surface area (TPSA) is 35.5 Å². The third kappa shape index (κ3) is 3.91. The number of allylic oxidation sites excluding steroid dienone is 1. The van der Waals surface area contributed by atoms with Crippen molar-refractivity contribution in [2.75, 3.05) is 14.2 Å². The molecule has 0 amide bonds. The van der Waals surface area contributed by atoms with Gasteiger partial charge in [0.05, 0.1) is 14.2 Å². The first kappa shape index (κ1) is 14.3. The number of methoxy groups -OCH3 is 2. The van der Waals surface area contributed by atoms with Crippen LogP contribution in [0.25, 0.3) is 6.08 Å². The summed E-state index contributed by atoms with van der Waals surface area (Å²) in [5, 5.41) is 0. The lowest BCUT2D eigenvalue weighted by molar-refractivity contribution is -0.116. The molecule has 0 radical (unpaired) electrons. The molecule has 1 rings (SSSR count). The van der Waals surface area contributed by atoms with Crippen molar-refractivity contribution in [1.29, 1.82) is 0 Å². The predicted molar refractivity (Wildman–Crippen MR) is 73.2 cm³/mol. The molecule has 0 aliphatic rings. The van der Waals surface area contributed by atoms with Crippen LogP contribution in [0.5, 0.6) is 11.5 Å². The van der Waals surface area contributed by atoms with E-state index < -0.39 is 0 Å². The molecular formula is C15H20O3. The minimum absolute atomic E-state index is 0.212. The van der Waals surface area contributed by atoms with Crippen LogP contribution >= 0.6 is 0 Å². The molecule has 0 saturated heterocycles. The average molecular weight is 248 g/mol. The summed E-state index contributed by atoms with van der Waals surface area (Å²) in [6.45, 7) is 3.63. The number of Topliss-reactive ketones (excluding diaryl/α,β-unsaturated/α-hetero) is 1. The van der Waals surface area contributed by atoms with Gasteiger partial charge in [-0.15, -0.1) is 0 Å². The van der Waals surface area contributed by atoms with Crippen molar-refractivity contribution in [3.63, 3.8) is 0 Å². The van der Waals surface area contributed by atoms with Gasteiger partial charge in [0.2, 0.25) is 0 Å². The van der Waals surface area contributed by atoms with Crippen molar-refractivity contribution in [1.82, 2.24) is 0 Å². The van der Waals surface area contributed by atoms with Crippen LogP contribution in [0.15, 0.2) is 18.2 Å². The highest BCUT2D eigenvalue weighted by atomic mass is 16.5. The SMILES string of the molecule is COc1cc(C)c(/C=C/CCC(C)=O)cc1OC. The monoisotopic (exact) mass is 248 g/mol. The summed E-state index contributed by atoms with van der Waals surface area (Å²) in [7, 11) is 3.25. The molecule has 0 unspecified atom stereocenters. The Hall–Kier alpha value is -1.77. The minimum Gasteiger partial charge on any atom is -0.493 e. The van der Waals surface area contributed by atoms with Crippen molar-refractivity contribution in [2.45, 2.75) is 26.7 Å². The highest BCUT2D eigenvalue weighted by molar-refractivity contribution is 5.75. The first-order chi connectivity index (χ1) is 8.58. The number of rotatable bonds is 6. The van der Waals surface area contributed by atoms with Gasteiger partial charge < -0.3 is 14.3 Å². The van der Waals surface area contributed by atoms with E-state index in [9.17, 15) is 4.79 Å². The van der Waals surface area contributed by atoms with Crippen LogP contribution in [-0.2, 0) is 4.79 Å². The maximum Gasteiger partial charge on any atom is 0.161 e. The van der Waals surface area contributed by atoms with E-state index in [1.165, 1.54) is 0 Å². The average Bonchev–Trinajstić information content (AvgIpc) is 2.35. The Morgan fingerprint density at radius 2 is 1.83 bits per heavy atom. The first-order valence-electron chi connectivity index (χ1n) is 5.97. The molecule has 18 heavy (non-hydrogen) atoms. The number of ketones is 1. The number of benzene rings is 1. The van der Waals surface area contributed by atoms with Crippen molar-refractivity contribution in [3.05, 3.63) is 29.3 Å². The van der Waals surface area contributed by atoms with Gasteiger partial charge >= 0.3 is 0 Å². The molecule has 0 spiro atoms. The van der Waals surface area contributed by atoms with Crippen LogP contribution in [0, 0.1) is 6.92 Å². The fourth-order valence-electron chi connectivity index (χ4n) is 1.67. The number of aryl methyl sites for hydroxylation is 1. The van der Waals surface area contributed by atoms with Gasteiger partial charge in [-0.25, -0.2) is 0 Å². The second kappa shape index (κ2) is 6.84. The zero-order valence-electron chi connectivity index (χ0n) is 11.4. The van der Waals surface area contributed by atoms with Gasteiger partial charge in [0.1, 0.15) is 5.78 Å². The Balaban J connectivity index is 2.85. The normalized spacial score (nSPS) is 10.7. The Morgan fingerprint density at radius 3 is 2.39 bits per heavy atom. The maximum atomic E-state index is 10.8. The lowest BCUT2D eigenvalue weighted by Crippen LogP contribution is -1.93. The number of carbonyl (C=O) groups excluding carboxylic acids is 1. The summed E-state index contributed by atoms with van der Waals surface area (Å²) in [6.07, 6.45) is 5.38. The van der Waals surface area contributed by atoms with Crippen LogP contribution in [-0.4, -0.2) is 20.0 Å². The second-order valence-electron chi connectivity index (χ2n) is 4.21. The Labute approximate surface area is 108 Å². The van der Waals surface area contributed by atoms with E-state index in [4.69, 9.17) is 9.47 Å². The van der Waals surface area contributed by atoms with E-state index in [1.54, 1.807) is 21.1 Å². The highest BCUT2D eigenvalue weighted by Gasteiger charge is 2.06. The van der Waals surface area contributed by atoms with Gasteiger partial charge in [0, 0.05) is 6.42 Å². The zero-order valence-corrected chi connectivity index (χ0v) is 11.4. The molecule has 3 heteroatoms. The lowest BCUT2D eigenvalue weighted by Gasteiger charge is -2.10. The molecule has 0 saturated carbocycles. The molecule has 0 bridgehead atoms. The second-order valence-corrected chi connectivity index (χ2v) is 4.21. The fourth-order valence-corrected chi connectivity index (χ4v) is 1.67. The van der Waals surface area contributed by atoms with Crippen molar-refractivity contribution in [2.24, 2.45) is 0 Å². The molecular weight excluding hydrogens is 228 g/mol. The van der Waals surface area contributed by atoms with E-state index in [2.05, 4.69) is 0 Å². The largest absolute Gasteiger partial charge is 0.493 e. The number of hydrogen-bond acceptors (Lipinski definition) is 3. The molecule has 0 heterocycles. The third-order valence-corrected chi connectivity index (χ3v) is 2.73. The molecule has 1 aromatic carbocycles. The smallest absolute Gasteiger partial charge is 0.161 e. The quantitative estimate of drug-likeness (QED) is 0.774. The standard InChI is InChI=1S/C15H20O3/c1-11-9-14(17-3)15(18-4)10-13(11)8-6-5-7-12(2)16/h6,8-10H,5,7H2,1-4H3/b8-6+. The van der Waals surface area contributed by atoms with E-state index in [0.717, 1.165) is 23.3 Å². The van der Waals surface area contributed by atoms with Crippen molar-refractivity contribution >= 4 is 11.9 Å². The van der Waals surface area contributed by atoms with Crippen LogP contribution in [0.3, 0.4) is 0 Å². The Morgan fingerprint density at radius 1 is 1.22 bits per heavy atom. The number of carbonyl (C=O) groups is 1. The van der Waals surface area contributed by atoms with Gasteiger partial charge in [-0.3, -0.25) is 0 Å². The van der Waals surface area contributed by atoms with Gasteiger partial charge in [0.25, 0.3) is 0 Å². The van der Waals surface area contributed by atoms with Gasteiger partial charge in [0.15, 0.2) is 11.5 Å². The molecule has 3 nitrogen and oxygen atoms in total. The summed E-state index contributed by atoms with van der Waals surface area (Å²) in [4.78, 5) is 10.8. The van der Waals surface area contributed by atoms with Crippen molar-refractivity contribution in [3.8, 4) is 11.5 Å². The molecule has 0 aliphatic carbocycles. The summed E-state index contributed by atoms with van der Waals surface area (Å²) in [5.41, 5.74) is 2.20.